The summed E-state index contributed by atoms with van der Waals surface area (Å²) in [5.41, 5.74) is 9.98. The van der Waals surface area contributed by atoms with E-state index in [-0.39, 0.29) is 5.91 Å². The molecule has 2 rings (SSSR count). The molecule has 0 spiro atoms. The molecule has 0 aliphatic heterocycles. The Kier molecular flexibility index (Phi) is 3.61. The average molecular weight is 265 g/mol. The highest BCUT2D eigenvalue weighted by Gasteiger charge is 2.18. The van der Waals surface area contributed by atoms with Gasteiger partial charge in [0.05, 0.1) is 29.1 Å². The lowest BCUT2D eigenvalue weighted by Crippen LogP contribution is -2.26. The molecule has 0 atom stereocenters. The number of amides is 1. The van der Waals surface area contributed by atoms with Crippen LogP contribution in [0.2, 0.25) is 0 Å². The zero-order chi connectivity index (χ0) is 13.1. The van der Waals surface area contributed by atoms with E-state index in [9.17, 15) is 4.79 Å². The molecule has 0 aliphatic carbocycles. The van der Waals surface area contributed by atoms with Gasteiger partial charge in [-0.05, 0) is 13.8 Å². The van der Waals surface area contributed by atoms with E-state index in [0.717, 1.165) is 5.69 Å². The first-order valence-corrected chi connectivity index (χ1v) is 6.56. The lowest BCUT2D eigenvalue weighted by atomic mass is 10.3. The van der Waals surface area contributed by atoms with Gasteiger partial charge in [-0.3, -0.25) is 9.48 Å². The quantitative estimate of drug-likeness (QED) is 0.869. The second-order valence-corrected chi connectivity index (χ2v) is 4.54. The Morgan fingerprint density at radius 2 is 2.39 bits per heavy atom. The molecule has 0 radical (unpaired) electrons. The van der Waals surface area contributed by atoms with Crippen molar-refractivity contribution in [1.29, 1.82) is 0 Å². The fourth-order valence-corrected chi connectivity index (χ4v) is 2.20. The number of thiazole rings is 1. The third kappa shape index (κ3) is 2.35. The molecule has 2 heterocycles. The summed E-state index contributed by atoms with van der Waals surface area (Å²) in [5, 5.41) is 8.90. The molecule has 3 N–H and O–H groups in total. The summed E-state index contributed by atoms with van der Waals surface area (Å²) >= 11 is 1.50. The first-order chi connectivity index (χ1) is 8.63. The van der Waals surface area contributed by atoms with Gasteiger partial charge in [0.25, 0.3) is 5.91 Å². The van der Waals surface area contributed by atoms with Gasteiger partial charge in [-0.2, -0.15) is 5.10 Å². The van der Waals surface area contributed by atoms with E-state index in [1.165, 1.54) is 11.3 Å². The molecule has 2 aromatic heterocycles. The van der Waals surface area contributed by atoms with Gasteiger partial charge in [-0.1, -0.05) is 0 Å². The smallest absolute Gasteiger partial charge is 0.272 e. The topological polar surface area (TPSA) is 85.8 Å². The van der Waals surface area contributed by atoms with E-state index in [1.807, 2.05) is 12.3 Å². The second kappa shape index (κ2) is 5.18. The number of hydrogen-bond donors (Lipinski definition) is 2. The molecule has 0 aromatic carbocycles. The number of nitrogens with one attached hydrogen (secondary N) is 1. The van der Waals surface area contributed by atoms with Crippen LogP contribution in [0.4, 0.5) is 5.69 Å². The zero-order valence-corrected chi connectivity index (χ0v) is 11.1. The molecule has 0 fully saturated rings. The number of rotatable bonds is 4. The number of carbonyl (C=O) groups is 1. The zero-order valence-electron chi connectivity index (χ0n) is 10.3. The number of nitrogens with two attached hydrogens (primary N) is 1. The molecule has 0 saturated carbocycles. The molecule has 0 unspecified atom stereocenters. The van der Waals surface area contributed by atoms with Crippen molar-refractivity contribution in [1.82, 2.24) is 20.1 Å². The van der Waals surface area contributed by atoms with Crippen LogP contribution in [0.15, 0.2) is 10.9 Å². The van der Waals surface area contributed by atoms with E-state index in [4.69, 9.17) is 5.73 Å². The Morgan fingerprint density at radius 3 is 3.00 bits per heavy atom. The summed E-state index contributed by atoms with van der Waals surface area (Å²) in [6, 6.07) is 0. The Morgan fingerprint density at radius 1 is 1.61 bits per heavy atom. The van der Waals surface area contributed by atoms with Crippen LogP contribution < -0.4 is 11.1 Å². The number of nitrogens with zero attached hydrogens (tertiary/aromatic N) is 3. The monoisotopic (exact) mass is 265 g/mol. The minimum atomic E-state index is -0.219. The standard InChI is InChI=1S/C11H15N5OS/c1-3-16-10(9(12)7(2)15-16)11(17)13-4-8-5-18-6-14-8/h5-6H,3-4,12H2,1-2H3,(H,13,17). The molecule has 7 heteroatoms. The normalized spacial score (nSPS) is 10.6. The first kappa shape index (κ1) is 12.6. The molecular weight excluding hydrogens is 250 g/mol. The molecule has 18 heavy (non-hydrogen) atoms. The molecule has 96 valence electrons. The summed E-state index contributed by atoms with van der Waals surface area (Å²) in [4.78, 5) is 16.2. The predicted molar refractivity (Wildman–Crippen MR) is 70.3 cm³/mol. The summed E-state index contributed by atoms with van der Waals surface area (Å²) in [6.45, 7) is 4.72. The highest BCUT2D eigenvalue weighted by Crippen LogP contribution is 2.16. The number of anilines is 1. The van der Waals surface area contributed by atoms with E-state index in [0.29, 0.717) is 30.2 Å². The van der Waals surface area contributed by atoms with Crippen LogP contribution in [0.25, 0.3) is 0 Å². The SMILES string of the molecule is CCn1nc(C)c(N)c1C(=O)NCc1cscn1. The highest BCUT2D eigenvalue weighted by atomic mass is 32.1. The average Bonchev–Trinajstić information content (AvgIpc) is 2.96. The lowest BCUT2D eigenvalue weighted by molar-refractivity contribution is 0.0940. The van der Waals surface area contributed by atoms with Gasteiger partial charge >= 0.3 is 0 Å². The molecule has 1 amide bonds. The van der Waals surface area contributed by atoms with Gasteiger partial charge in [0.15, 0.2) is 0 Å². The van der Waals surface area contributed by atoms with Gasteiger partial charge in [0.1, 0.15) is 5.69 Å². The second-order valence-electron chi connectivity index (χ2n) is 3.83. The summed E-state index contributed by atoms with van der Waals surface area (Å²) in [6.07, 6.45) is 0. The van der Waals surface area contributed by atoms with Crippen LogP contribution in [-0.2, 0) is 13.1 Å². The summed E-state index contributed by atoms with van der Waals surface area (Å²) in [5.74, 6) is -0.219. The van der Waals surface area contributed by atoms with E-state index < -0.39 is 0 Å². The van der Waals surface area contributed by atoms with Gasteiger partial charge in [0, 0.05) is 11.9 Å². The minimum absolute atomic E-state index is 0.219. The van der Waals surface area contributed by atoms with E-state index in [2.05, 4.69) is 15.4 Å². The number of hydrogen-bond acceptors (Lipinski definition) is 5. The third-order valence-corrected chi connectivity index (χ3v) is 3.24. The minimum Gasteiger partial charge on any atom is -0.395 e. The molecule has 0 aliphatic rings. The molecule has 0 bridgehead atoms. The van der Waals surface area contributed by atoms with Crippen LogP contribution in [0.5, 0.6) is 0 Å². The molecule has 6 nitrogen and oxygen atoms in total. The summed E-state index contributed by atoms with van der Waals surface area (Å²) < 4.78 is 1.61. The van der Waals surface area contributed by atoms with E-state index in [1.54, 1.807) is 17.1 Å². The number of carbonyl (C=O) groups excluding carboxylic acids is 1. The van der Waals surface area contributed by atoms with Crippen LogP contribution >= 0.6 is 11.3 Å². The van der Waals surface area contributed by atoms with Crippen LogP contribution in [0, 0.1) is 6.92 Å². The Bertz CT molecular complexity index is 546. The predicted octanol–water partition coefficient (Wildman–Crippen LogP) is 1.18. The van der Waals surface area contributed by atoms with Crippen LogP contribution in [0.3, 0.4) is 0 Å². The van der Waals surface area contributed by atoms with Crippen molar-refractivity contribution in [3.05, 3.63) is 28.0 Å². The van der Waals surface area contributed by atoms with Gasteiger partial charge in [-0.15, -0.1) is 11.3 Å². The van der Waals surface area contributed by atoms with Crippen molar-refractivity contribution in [3.63, 3.8) is 0 Å². The van der Waals surface area contributed by atoms with E-state index >= 15 is 0 Å². The fraction of sp³-hybridized carbons (Fsp3) is 0.364. The maximum atomic E-state index is 12.1. The van der Waals surface area contributed by atoms with Crippen molar-refractivity contribution in [2.75, 3.05) is 5.73 Å². The Balaban J connectivity index is 2.13. The fourth-order valence-electron chi connectivity index (χ4n) is 1.64. The largest absolute Gasteiger partial charge is 0.395 e. The Labute approximate surface area is 109 Å². The molecule has 2 aromatic rings. The number of nitrogen functional groups attached to an aromatic ring is 1. The maximum absolute atomic E-state index is 12.1. The van der Waals surface area contributed by atoms with Crippen molar-refractivity contribution in [2.45, 2.75) is 26.9 Å². The number of aromatic nitrogens is 3. The van der Waals surface area contributed by atoms with Gasteiger partial charge in [-0.25, -0.2) is 4.98 Å². The number of aryl methyl sites for hydroxylation is 2. The summed E-state index contributed by atoms with van der Waals surface area (Å²) in [7, 11) is 0. The van der Waals surface area contributed by atoms with Crippen LogP contribution in [-0.4, -0.2) is 20.7 Å². The Hall–Kier alpha value is -1.89. The van der Waals surface area contributed by atoms with Crippen molar-refractivity contribution >= 4 is 22.9 Å². The van der Waals surface area contributed by atoms with Crippen molar-refractivity contribution in [2.24, 2.45) is 0 Å². The third-order valence-electron chi connectivity index (χ3n) is 2.60. The van der Waals surface area contributed by atoms with Gasteiger partial charge in [0.2, 0.25) is 0 Å². The highest BCUT2D eigenvalue weighted by molar-refractivity contribution is 7.07. The van der Waals surface area contributed by atoms with Crippen molar-refractivity contribution < 1.29 is 4.79 Å². The van der Waals surface area contributed by atoms with Crippen LogP contribution in [0.1, 0.15) is 28.8 Å². The van der Waals surface area contributed by atoms with Crippen molar-refractivity contribution in [3.8, 4) is 0 Å². The molecular formula is C11H15N5OS. The van der Waals surface area contributed by atoms with Gasteiger partial charge < -0.3 is 11.1 Å². The first-order valence-electron chi connectivity index (χ1n) is 5.61. The maximum Gasteiger partial charge on any atom is 0.272 e. The lowest BCUT2D eigenvalue weighted by Gasteiger charge is -2.06. The molecule has 0 saturated heterocycles.